The molecule has 2 N–H and O–H groups in total. The molecule has 0 amide bonds. The molecule has 1 aromatic carbocycles. The first-order chi connectivity index (χ1) is 8.27. The van der Waals surface area contributed by atoms with E-state index in [4.69, 9.17) is 5.73 Å². The summed E-state index contributed by atoms with van der Waals surface area (Å²) in [6, 6.07) is 8.80. The molecule has 2 unspecified atom stereocenters. The van der Waals surface area contributed by atoms with Gasteiger partial charge in [0.05, 0.1) is 0 Å². The van der Waals surface area contributed by atoms with E-state index in [1.165, 1.54) is 47.9 Å². The van der Waals surface area contributed by atoms with Crippen LogP contribution in [0.3, 0.4) is 0 Å². The van der Waals surface area contributed by atoms with E-state index in [0.717, 1.165) is 0 Å². The van der Waals surface area contributed by atoms with Gasteiger partial charge in [-0.3, -0.25) is 0 Å². The molecule has 1 aromatic rings. The normalized spacial score (nSPS) is 26.2. The van der Waals surface area contributed by atoms with Gasteiger partial charge in [-0.2, -0.15) is 0 Å². The van der Waals surface area contributed by atoms with Gasteiger partial charge in [0.2, 0.25) is 0 Å². The molecule has 2 atom stereocenters. The number of rotatable bonds is 2. The van der Waals surface area contributed by atoms with E-state index in [1.54, 1.807) is 0 Å². The molecule has 2 rings (SSSR count). The largest absolute Gasteiger partial charge is 0.327 e. The van der Waals surface area contributed by atoms with E-state index in [-0.39, 0.29) is 0 Å². The van der Waals surface area contributed by atoms with Crippen molar-refractivity contribution in [3.8, 4) is 0 Å². The maximum absolute atomic E-state index is 6.31. The summed E-state index contributed by atoms with van der Waals surface area (Å²) in [6.07, 6.45) is 7.80. The maximum Gasteiger partial charge on any atom is 0.0311 e. The third kappa shape index (κ3) is 4.01. The lowest BCUT2D eigenvalue weighted by molar-refractivity contribution is 0.463. The Morgan fingerprint density at radius 3 is 2.53 bits per heavy atom. The fourth-order valence-corrected chi connectivity index (χ4v) is 4.15. The first kappa shape index (κ1) is 13.4. The van der Waals surface area contributed by atoms with Gasteiger partial charge in [0.15, 0.2) is 0 Å². The van der Waals surface area contributed by atoms with Gasteiger partial charge in [0.25, 0.3) is 0 Å². The van der Waals surface area contributed by atoms with E-state index in [1.807, 2.05) is 11.8 Å². The second-order valence-corrected chi connectivity index (χ2v) is 6.88. The van der Waals surface area contributed by atoms with E-state index in [0.29, 0.717) is 11.3 Å². The Morgan fingerprint density at radius 2 is 1.76 bits per heavy atom. The van der Waals surface area contributed by atoms with Crippen molar-refractivity contribution >= 4 is 27.7 Å². The third-order valence-corrected chi connectivity index (χ3v) is 5.82. The third-order valence-electron chi connectivity index (χ3n) is 3.37. The minimum Gasteiger partial charge on any atom is -0.327 e. The van der Waals surface area contributed by atoms with Crippen molar-refractivity contribution in [3.63, 3.8) is 0 Å². The average molecular weight is 314 g/mol. The smallest absolute Gasteiger partial charge is 0.0311 e. The minimum atomic E-state index is 0.354. The molecule has 0 saturated heterocycles. The molecule has 17 heavy (non-hydrogen) atoms. The summed E-state index contributed by atoms with van der Waals surface area (Å²) in [5.41, 5.74) is 6.31. The zero-order valence-electron chi connectivity index (χ0n) is 10.1. The zero-order chi connectivity index (χ0) is 12.1. The standard InChI is InChI=1S/C14H20BrNS/c15-11-7-5-6-9-13(11)17-14-10-4-2-1-3-8-12(14)16/h5-7,9,12,14H,1-4,8,10,16H2. The van der Waals surface area contributed by atoms with Crippen LogP contribution in [0.1, 0.15) is 38.5 Å². The van der Waals surface area contributed by atoms with E-state index in [2.05, 4.69) is 40.2 Å². The van der Waals surface area contributed by atoms with Crippen molar-refractivity contribution in [1.29, 1.82) is 0 Å². The number of hydrogen-bond donors (Lipinski definition) is 1. The van der Waals surface area contributed by atoms with Gasteiger partial charge < -0.3 is 5.73 Å². The van der Waals surface area contributed by atoms with Crippen molar-refractivity contribution in [2.45, 2.75) is 54.7 Å². The Labute approximate surface area is 117 Å². The summed E-state index contributed by atoms with van der Waals surface area (Å²) < 4.78 is 1.19. The van der Waals surface area contributed by atoms with Crippen LogP contribution in [0.25, 0.3) is 0 Å². The highest BCUT2D eigenvalue weighted by atomic mass is 79.9. The molecule has 0 radical (unpaired) electrons. The second kappa shape index (κ2) is 6.81. The molecule has 1 nitrogen and oxygen atoms in total. The second-order valence-electron chi connectivity index (χ2n) is 4.74. The van der Waals surface area contributed by atoms with Gasteiger partial charge in [0.1, 0.15) is 0 Å². The van der Waals surface area contributed by atoms with Crippen LogP contribution in [0.5, 0.6) is 0 Å². The molecule has 1 aliphatic carbocycles. The predicted molar refractivity (Wildman–Crippen MR) is 79.5 cm³/mol. The van der Waals surface area contributed by atoms with Crippen LogP contribution in [-0.2, 0) is 0 Å². The number of hydrogen-bond acceptors (Lipinski definition) is 2. The fraction of sp³-hybridized carbons (Fsp3) is 0.571. The summed E-state index contributed by atoms with van der Waals surface area (Å²) in [5.74, 6) is 0. The Morgan fingerprint density at radius 1 is 1.06 bits per heavy atom. The molecule has 0 aromatic heterocycles. The van der Waals surface area contributed by atoms with Crippen molar-refractivity contribution in [3.05, 3.63) is 28.7 Å². The van der Waals surface area contributed by atoms with Gasteiger partial charge in [0, 0.05) is 20.7 Å². The first-order valence-electron chi connectivity index (χ1n) is 6.44. The average Bonchev–Trinajstić information content (AvgIpc) is 2.31. The zero-order valence-corrected chi connectivity index (χ0v) is 12.5. The van der Waals surface area contributed by atoms with Gasteiger partial charge in [-0.15, -0.1) is 11.8 Å². The molecule has 1 fully saturated rings. The van der Waals surface area contributed by atoms with Crippen LogP contribution in [0.15, 0.2) is 33.6 Å². The number of thioether (sulfide) groups is 1. The fourth-order valence-electron chi connectivity index (χ4n) is 2.33. The SMILES string of the molecule is NC1CCCCCCC1Sc1ccccc1Br. The minimum absolute atomic E-state index is 0.354. The lowest BCUT2D eigenvalue weighted by Gasteiger charge is -2.26. The lowest BCUT2D eigenvalue weighted by atomic mass is 9.97. The summed E-state index contributed by atoms with van der Waals surface area (Å²) in [4.78, 5) is 1.33. The molecule has 0 aliphatic heterocycles. The van der Waals surface area contributed by atoms with Crippen molar-refractivity contribution < 1.29 is 0 Å². The summed E-state index contributed by atoms with van der Waals surface area (Å²) in [5, 5.41) is 0.578. The molecule has 0 spiro atoms. The first-order valence-corrected chi connectivity index (χ1v) is 8.11. The summed E-state index contributed by atoms with van der Waals surface area (Å²) in [6.45, 7) is 0. The van der Waals surface area contributed by atoms with Crippen LogP contribution in [-0.4, -0.2) is 11.3 Å². The molecule has 1 saturated carbocycles. The summed E-state index contributed by atoms with van der Waals surface area (Å²) in [7, 11) is 0. The van der Waals surface area contributed by atoms with E-state index >= 15 is 0 Å². The number of halogens is 1. The number of nitrogens with two attached hydrogens (primary N) is 1. The molecule has 0 bridgehead atoms. The van der Waals surface area contributed by atoms with Gasteiger partial charge in [-0.05, 0) is 40.9 Å². The Bertz CT molecular complexity index is 356. The molecule has 0 heterocycles. The highest BCUT2D eigenvalue weighted by molar-refractivity contribution is 9.10. The molecule has 3 heteroatoms. The van der Waals surface area contributed by atoms with Crippen LogP contribution < -0.4 is 5.73 Å². The maximum atomic E-state index is 6.31. The van der Waals surface area contributed by atoms with Crippen LogP contribution >= 0.6 is 27.7 Å². The van der Waals surface area contributed by atoms with E-state index in [9.17, 15) is 0 Å². The lowest BCUT2D eigenvalue weighted by Crippen LogP contribution is -2.33. The highest BCUT2D eigenvalue weighted by Crippen LogP contribution is 2.35. The molecular weight excluding hydrogens is 294 g/mol. The van der Waals surface area contributed by atoms with Crippen molar-refractivity contribution in [2.24, 2.45) is 5.73 Å². The Balaban J connectivity index is 2.02. The Hall–Kier alpha value is 0.01000. The van der Waals surface area contributed by atoms with E-state index < -0.39 is 0 Å². The van der Waals surface area contributed by atoms with Crippen LogP contribution in [0.4, 0.5) is 0 Å². The highest BCUT2D eigenvalue weighted by Gasteiger charge is 2.21. The quantitative estimate of drug-likeness (QED) is 0.864. The molecule has 94 valence electrons. The summed E-state index contributed by atoms with van der Waals surface area (Å²) >= 11 is 5.57. The Kier molecular flexibility index (Phi) is 5.39. The molecular formula is C14H20BrNS. The van der Waals surface area contributed by atoms with Crippen LogP contribution in [0, 0.1) is 0 Å². The van der Waals surface area contributed by atoms with Gasteiger partial charge in [-0.1, -0.05) is 37.8 Å². The number of benzene rings is 1. The monoisotopic (exact) mass is 313 g/mol. The van der Waals surface area contributed by atoms with Gasteiger partial charge >= 0.3 is 0 Å². The predicted octanol–water partition coefficient (Wildman–Crippen LogP) is 4.59. The van der Waals surface area contributed by atoms with Crippen LogP contribution in [0.2, 0.25) is 0 Å². The van der Waals surface area contributed by atoms with Gasteiger partial charge in [-0.25, -0.2) is 0 Å². The topological polar surface area (TPSA) is 26.0 Å². The molecule has 1 aliphatic rings. The van der Waals surface area contributed by atoms with Crippen molar-refractivity contribution in [1.82, 2.24) is 0 Å². The van der Waals surface area contributed by atoms with Crippen molar-refractivity contribution in [2.75, 3.05) is 0 Å².